The molecule has 0 fully saturated rings. The molecule has 0 amide bonds. The zero-order valence-electron chi connectivity index (χ0n) is 10.7. The molecule has 4 nitrogen and oxygen atoms in total. The smallest absolute Gasteiger partial charge is 0.137 e. The first-order valence-corrected chi connectivity index (χ1v) is 6.54. The summed E-state index contributed by atoms with van der Waals surface area (Å²) in [4.78, 5) is 8.36. The van der Waals surface area contributed by atoms with E-state index in [0.717, 1.165) is 12.0 Å². The van der Waals surface area contributed by atoms with E-state index in [0.29, 0.717) is 23.1 Å². The number of hydrogen-bond donors (Lipinski definition) is 1. The molecule has 0 aliphatic carbocycles. The highest BCUT2D eigenvalue weighted by Crippen LogP contribution is 2.25. The van der Waals surface area contributed by atoms with Gasteiger partial charge in [-0.3, -0.25) is 9.97 Å². The van der Waals surface area contributed by atoms with E-state index in [9.17, 15) is 0 Å². The molecule has 5 heteroatoms. The van der Waals surface area contributed by atoms with Crippen molar-refractivity contribution in [3.63, 3.8) is 0 Å². The maximum absolute atomic E-state index is 6.17. The molecule has 100 valence electrons. The first kappa shape index (κ1) is 13.8. The van der Waals surface area contributed by atoms with Crippen molar-refractivity contribution in [2.75, 3.05) is 6.61 Å². The van der Waals surface area contributed by atoms with E-state index in [1.54, 1.807) is 30.7 Å². The molecule has 0 aromatic carbocycles. The lowest BCUT2D eigenvalue weighted by Gasteiger charge is -2.13. The van der Waals surface area contributed by atoms with E-state index in [-0.39, 0.29) is 0 Å². The number of pyridine rings is 2. The molecular formula is C14H16ClN3O. The van der Waals surface area contributed by atoms with Gasteiger partial charge in [-0.2, -0.15) is 0 Å². The van der Waals surface area contributed by atoms with Crippen LogP contribution in [0.3, 0.4) is 0 Å². The Labute approximate surface area is 117 Å². The summed E-state index contributed by atoms with van der Waals surface area (Å²) < 4.78 is 5.54. The highest BCUT2D eigenvalue weighted by molar-refractivity contribution is 6.31. The molecule has 0 saturated carbocycles. The first-order chi connectivity index (χ1) is 9.22. The van der Waals surface area contributed by atoms with Crippen LogP contribution in [-0.4, -0.2) is 16.6 Å². The lowest BCUT2D eigenvalue weighted by atomic mass is 10.1. The fourth-order valence-electron chi connectivity index (χ4n) is 1.69. The Hall–Kier alpha value is -1.65. The average Bonchev–Trinajstić information content (AvgIpc) is 2.45. The summed E-state index contributed by atoms with van der Waals surface area (Å²) in [5.74, 6) is 0.710. The van der Waals surface area contributed by atoms with Crippen LogP contribution < -0.4 is 10.5 Å². The predicted molar refractivity (Wildman–Crippen MR) is 75.3 cm³/mol. The zero-order chi connectivity index (χ0) is 13.7. The van der Waals surface area contributed by atoms with Gasteiger partial charge in [-0.1, -0.05) is 18.5 Å². The monoisotopic (exact) mass is 277 g/mol. The summed E-state index contributed by atoms with van der Waals surface area (Å²) in [6.45, 7) is 2.71. The minimum absolute atomic E-state index is 0.411. The number of aromatic nitrogens is 2. The Morgan fingerprint density at radius 2 is 2.26 bits per heavy atom. The van der Waals surface area contributed by atoms with E-state index >= 15 is 0 Å². The number of nitrogens with two attached hydrogens (primary N) is 1. The third kappa shape index (κ3) is 3.43. The van der Waals surface area contributed by atoms with Gasteiger partial charge in [0, 0.05) is 12.4 Å². The molecule has 2 rings (SSSR count). The van der Waals surface area contributed by atoms with Crippen molar-refractivity contribution < 1.29 is 4.74 Å². The fraction of sp³-hybridized carbons (Fsp3) is 0.286. The van der Waals surface area contributed by atoms with E-state index in [1.165, 1.54) is 0 Å². The standard InChI is InChI=1S/C14H16ClN3O/c1-2-6-19-11-7-10(8-17-9-11)13(16)14-12(15)4-3-5-18-14/h3-5,7-9,13H,2,6,16H2,1H3. The summed E-state index contributed by atoms with van der Waals surface area (Å²) in [7, 11) is 0. The quantitative estimate of drug-likeness (QED) is 0.913. The molecule has 0 aliphatic rings. The molecule has 0 aliphatic heterocycles. The fourth-order valence-corrected chi connectivity index (χ4v) is 1.93. The Morgan fingerprint density at radius 3 is 3.00 bits per heavy atom. The number of halogens is 1. The van der Waals surface area contributed by atoms with Crippen molar-refractivity contribution in [3.8, 4) is 5.75 Å². The van der Waals surface area contributed by atoms with Crippen LogP contribution in [0, 0.1) is 0 Å². The molecule has 19 heavy (non-hydrogen) atoms. The third-order valence-electron chi connectivity index (χ3n) is 2.65. The molecule has 2 heterocycles. The van der Waals surface area contributed by atoms with E-state index in [1.807, 2.05) is 6.07 Å². The van der Waals surface area contributed by atoms with Gasteiger partial charge in [0.05, 0.1) is 29.6 Å². The average molecular weight is 278 g/mol. The van der Waals surface area contributed by atoms with Crippen LogP contribution in [0.2, 0.25) is 5.02 Å². The van der Waals surface area contributed by atoms with Gasteiger partial charge in [0.15, 0.2) is 0 Å². The number of rotatable bonds is 5. The van der Waals surface area contributed by atoms with E-state index in [4.69, 9.17) is 22.1 Å². The third-order valence-corrected chi connectivity index (χ3v) is 2.97. The molecular weight excluding hydrogens is 262 g/mol. The largest absolute Gasteiger partial charge is 0.492 e. The zero-order valence-corrected chi connectivity index (χ0v) is 11.5. The van der Waals surface area contributed by atoms with Crippen molar-refractivity contribution in [2.45, 2.75) is 19.4 Å². The van der Waals surface area contributed by atoms with Crippen molar-refractivity contribution in [1.29, 1.82) is 0 Å². The van der Waals surface area contributed by atoms with Crippen LogP contribution in [0.4, 0.5) is 0 Å². The SMILES string of the molecule is CCCOc1cncc(C(N)c2ncccc2Cl)c1. The van der Waals surface area contributed by atoms with Gasteiger partial charge in [-0.05, 0) is 30.2 Å². The lowest BCUT2D eigenvalue weighted by molar-refractivity contribution is 0.315. The van der Waals surface area contributed by atoms with Gasteiger partial charge in [-0.25, -0.2) is 0 Å². The van der Waals surface area contributed by atoms with Crippen LogP contribution in [0.5, 0.6) is 5.75 Å². The summed E-state index contributed by atoms with van der Waals surface area (Å²) in [5.41, 5.74) is 7.64. The highest BCUT2D eigenvalue weighted by atomic mass is 35.5. The first-order valence-electron chi connectivity index (χ1n) is 6.16. The molecule has 1 atom stereocenters. The van der Waals surface area contributed by atoms with Crippen molar-refractivity contribution in [3.05, 3.63) is 53.1 Å². The molecule has 2 aromatic rings. The molecule has 2 aromatic heterocycles. The molecule has 0 saturated heterocycles. The Bertz CT molecular complexity index is 548. The van der Waals surface area contributed by atoms with Crippen molar-refractivity contribution in [1.82, 2.24) is 9.97 Å². The summed E-state index contributed by atoms with van der Waals surface area (Å²) in [6, 6.07) is 5.01. The maximum atomic E-state index is 6.17. The van der Waals surface area contributed by atoms with Crippen molar-refractivity contribution >= 4 is 11.6 Å². The van der Waals surface area contributed by atoms with E-state index < -0.39 is 6.04 Å². The number of hydrogen-bond acceptors (Lipinski definition) is 4. The number of ether oxygens (including phenoxy) is 1. The van der Waals surface area contributed by atoms with Crippen LogP contribution >= 0.6 is 11.6 Å². The van der Waals surface area contributed by atoms with Gasteiger partial charge < -0.3 is 10.5 Å². The minimum Gasteiger partial charge on any atom is -0.492 e. The molecule has 0 spiro atoms. The van der Waals surface area contributed by atoms with Crippen LogP contribution in [0.1, 0.15) is 30.6 Å². The van der Waals surface area contributed by atoms with Gasteiger partial charge in [0.25, 0.3) is 0 Å². The highest BCUT2D eigenvalue weighted by Gasteiger charge is 2.14. The van der Waals surface area contributed by atoms with Crippen LogP contribution in [0.15, 0.2) is 36.8 Å². The van der Waals surface area contributed by atoms with Gasteiger partial charge in [0.1, 0.15) is 5.75 Å². The topological polar surface area (TPSA) is 61.0 Å². The van der Waals surface area contributed by atoms with Gasteiger partial charge >= 0.3 is 0 Å². The van der Waals surface area contributed by atoms with Gasteiger partial charge in [-0.15, -0.1) is 0 Å². The Balaban J connectivity index is 2.24. The number of nitrogens with zero attached hydrogens (tertiary/aromatic N) is 2. The second-order valence-electron chi connectivity index (χ2n) is 4.15. The molecule has 2 N–H and O–H groups in total. The molecule has 0 bridgehead atoms. The second kappa shape index (κ2) is 6.50. The van der Waals surface area contributed by atoms with Crippen LogP contribution in [-0.2, 0) is 0 Å². The lowest BCUT2D eigenvalue weighted by Crippen LogP contribution is -2.14. The Kier molecular flexibility index (Phi) is 4.71. The predicted octanol–water partition coefficient (Wildman–Crippen LogP) is 2.97. The Morgan fingerprint density at radius 1 is 1.42 bits per heavy atom. The van der Waals surface area contributed by atoms with E-state index in [2.05, 4.69) is 16.9 Å². The summed E-state index contributed by atoms with van der Waals surface area (Å²) in [6.07, 6.45) is 5.99. The van der Waals surface area contributed by atoms with Gasteiger partial charge in [0.2, 0.25) is 0 Å². The molecule has 0 radical (unpaired) electrons. The van der Waals surface area contributed by atoms with Crippen molar-refractivity contribution in [2.24, 2.45) is 5.73 Å². The van der Waals surface area contributed by atoms with Crippen LogP contribution in [0.25, 0.3) is 0 Å². The maximum Gasteiger partial charge on any atom is 0.137 e. The summed E-state index contributed by atoms with van der Waals surface area (Å²) in [5, 5.41) is 0.551. The second-order valence-corrected chi connectivity index (χ2v) is 4.56. The minimum atomic E-state index is -0.411. The molecule has 1 unspecified atom stereocenters. The summed E-state index contributed by atoms with van der Waals surface area (Å²) >= 11 is 6.10. The normalized spacial score (nSPS) is 12.2.